The van der Waals surface area contributed by atoms with Crippen LogP contribution in [-0.4, -0.2) is 28.4 Å². The van der Waals surface area contributed by atoms with Gasteiger partial charge in [-0.15, -0.1) is 0 Å². The van der Waals surface area contributed by atoms with Crippen LogP contribution < -0.4 is 0 Å². The van der Waals surface area contributed by atoms with Crippen molar-refractivity contribution in [1.82, 2.24) is 4.90 Å². The van der Waals surface area contributed by atoms with Gasteiger partial charge < -0.3 is 10.0 Å². The van der Waals surface area contributed by atoms with Gasteiger partial charge in [-0.25, -0.2) is 0 Å². The number of aliphatic carboxylic acids is 1. The molecule has 5 heteroatoms. The van der Waals surface area contributed by atoms with Crippen molar-refractivity contribution < 1.29 is 14.7 Å². The molecule has 21 heavy (non-hydrogen) atoms. The van der Waals surface area contributed by atoms with E-state index < -0.39 is 17.9 Å². The summed E-state index contributed by atoms with van der Waals surface area (Å²) in [5, 5.41) is 9.55. The summed E-state index contributed by atoms with van der Waals surface area (Å²) in [6.07, 6.45) is 0.708. The SMILES string of the molecule is CC(C)CN1C(=O)CCC(C(=O)O)C1c1ccccc1Br. The number of carbonyl (C=O) groups excluding carboxylic acids is 1. The monoisotopic (exact) mass is 353 g/mol. The average molecular weight is 354 g/mol. The molecule has 2 atom stereocenters. The van der Waals surface area contributed by atoms with E-state index in [1.807, 2.05) is 38.1 Å². The Morgan fingerprint density at radius 1 is 1.43 bits per heavy atom. The Hall–Kier alpha value is -1.36. The standard InChI is InChI=1S/C16H20BrNO3/c1-10(2)9-18-14(19)8-7-12(16(20)21)15(18)11-5-3-4-6-13(11)17/h3-6,10,12,15H,7-9H2,1-2H3,(H,20,21). The molecule has 1 aliphatic rings. The molecule has 0 aromatic heterocycles. The smallest absolute Gasteiger partial charge is 0.308 e. The molecular formula is C16H20BrNO3. The van der Waals surface area contributed by atoms with Crippen LogP contribution in [0.15, 0.2) is 28.7 Å². The summed E-state index contributed by atoms with van der Waals surface area (Å²) in [7, 11) is 0. The average Bonchev–Trinajstić information content (AvgIpc) is 2.41. The molecule has 2 unspecified atom stereocenters. The molecule has 0 bridgehead atoms. The normalized spacial score (nSPS) is 22.7. The summed E-state index contributed by atoms with van der Waals surface area (Å²) in [5.74, 6) is -1.05. The number of rotatable bonds is 4. The van der Waals surface area contributed by atoms with Gasteiger partial charge >= 0.3 is 5.97 Å². The second-order valence-electron chi connectivity index (χ2n) is 5.89. The van der Waals surface area contributed by atoms with Gasteiger partial charge in [-0.05, 0) is 24.0 Å². The number of hydrogen-bond acceptors (Lipinski definition) is 2. The van der Waals surface area contributed by atoms with Crippen molar-refractivity contribution in [3.8, 4) is 0 Å². The van der Waals surface area contributed by atoms with Crippen LogP contribution in [0, 0.1) is 11.8 Å². The minimum absolute atomic E-state index is 0.0435. The van der Waals surface area contributed by atoms with E-state index in [9.17, 15) is 14.7 Å². The van der Waals surface area contributed by atoms with Crippen molar-refractivity contribution >= 4 is 27.8 Å². The number of nitrogens with zero attached hydrogens (tertiary/aromatic N) is 1. The highest BCUT2D eigenvalue weighted by atomic mass is 79.9. The Labute approximate surface area is 133 Å². The molecule has 1 saturated heterocycles. The Bertz CT molecular complexity index is 544. The molecule has 0 aliphatic carbocycles. The molecule has 114 valence electrons. The third-order valence-corrected chi connectivity index (χ3v) is 4.53. The van der Waals surface area contributed by atoms with Crippen LogP contribution in [0.3, 0.4) is 0 Å². The molecule has 1 aromatic rings. The number of benzene rings is 1. The first kappa shape index (κ1) is 16.0. The van der Waals surface area contributed by atoms with Gasteiger partial charge in [0.1, 0.15) is 0 Å². The van der Waals surface area contributed by atoms with Crippen molar-refractivity contribution in [1.29, 1.82) is 0 Å². The predicted molar refractivity (Wildman–Crippen MR) is 83.8 cm³/mol. The predicted octanol–water partition coefficient (Wildman–Crippen LogP) is 3.47. The summed E-state index contributed by atoms with van der Waals surface area (Å²) < 4.78 is 0.852. The van der Waals surface area contributed by atoms with Crippen LogP contribution in [0.1, 0.15) is 38.3 Å². The lowest BCUT2D eigenvalue weighted by Gasteiger charge is -2.41. The molecule has 0 saturated carbocycles. The second kappa shape index (κ2) is 6.60. The lowest BCUT2D eigenvalue weighted by atomic mass is 9.84. The van der Waals surface area contributed by atoms with E-state index in [4.69, 9.17) is 0 Å². The van der Waals surface area contributed by atoms with Crippen molar-refractivity contribution in [3.63, 3.8) is 0 Å². The highest BCUT2D eigenvalue weighted by molar-refractivity contribution is 9.10. The summed E-state index contributed by atoms with van der Waals surface area (Å²) in [4.78, 5) is 25.7. The van der Waals surface area contributed by atoms with E-state index in [2.05, 4.69) is 15.9 Å². The summed E-state index contributed by atoms with van der Waals surface area (Å²) >= 11 is 3.49. The van der Waals surface area contributed by atoms with Crippen molar-refractivity contribution in [2.24, 2.45) is 11.8 Å². The number of carbonyl (C=O) groups is 2. The van der Waals surface area contributed by atoms with Gasteiger partial charge in [0, 0.05) is 17.4 Å². The molecule has 1 aliphatic heterocycles. The first-order valence-electron chi connectivity index (χ1n) is 7.18. The van der Waals surface area contributed by atoms with Gasteiger partial charge in [0.25, 0.3) is 0 Å². The van der Waals surface area contributed by atoms with Crippen molar-refractivity contribution in [3.05, 3.63) is 34.3 Å². The maximum atomic E-state index is 12.3. The largest absolute Gasteiger partial charge is 0.481 e. The fraction of sp³-hybridized carbons (Fsp3) is 0.500. The van der Waals surface area contributed by atoms with Crippen molar-refractivity contribution in [2.45, 2.75) is 32.7 Å². The molecule has 1 N–H and O–H groups in total. The fourth-order valence-electron chi connectivity index (χ4n) is 2.92. The fourth-order valence-corrected chi connectivity index (χ4v) is 3.44. The first-order valence-corrected chi connectivity index (χ1v) is 7.97. The zero-order valence-corrected chi connectivity index (χ0v) is 13.8. The molecule has 4 nitrogen and oxygen atoms in total. The van der Waals surface area contributed by atoms with Gasteiger partial charge in [-0.2, -0.15) is 0 Å². The number of hydrogen-bond donors (Lipinski definition) is 1. The van der Waals surface area contributed by atoms with Gasteiger partial charge in [-0.1, -0.05) is 48.0 Å². The van der Waals surface area contributed by atoms with Crippen LogP contribution in [0.25, 0.3) is 0 Å². The van der Waals surface area contributed by atoms with Crippen molar-refractivity contribution in [2.75, 3.05) is 6.54 Å². The highest BCUT2D eigenvalue weighted by Gasteiger charge is 2.41. The molecule has 2 rings (SSSR count). The molecule has 1 amide bonds. The molecule has 0 radical (unpaired) electrons. The van der Waals surface area contributed by atoms with Crippen LogP contribution in [0.4, 0.5) is 0 Å². The van der Waals surface area contributed by atoms with Gasteiger partial charge in [0.05, 0.1) is 12.0 Å². The second-order valence-corrected chi connectivity index (χ2v) is 6.74. The maximum absolute atomic E-state index is 12.3. The highest BCUT2D eigenvalue weighted by Crippen LogP contribution is 2.40. The van der Waals surface area contributed by atoms with E-state index in [1.165, 1.54) is 0 Å². The van der Waals surface area contributed by atoms with Crippen LogP contribution >= 0.6 is 15.9 Å². The molecule has 0 spiro atoms. The number of likely N-dealkylation sites (tertiary alicyclic amines) is 1. The van der Waals surface area contributed by atoms with Gasteiger partial charge in [0.15, 0.2) is 0 Å². The minimum Gasteiger partial charge on any atom is -0.481 e. The number of halogens is 1. The molecule has 1 aromatic carbocycles. The van der Waals surface area contributed by atoms with Gasteiger partial charge in [-0.3, -0.25) is 9.59 Å². The Morgan fingerprint density at radius 3 is 2.67 bits per heavy atom. The van der Waals surface area contributed by atoms with Crippen LogP contribution in [-0.2, 0) is 9.59 Å². The Balaban J connectivity index is 2.46. The minimum atomic E-state index is -0.836. The Morgan fingerprint density at radius 2 is 2.10 bits per heavy atom. The number of carboxylic acids is 1. The third-order valence-electron chi connectivity index (χ3n) is 3.81. The van der Waals surface area contributed by atoms with E-state index in [1.54, 1.807) is 4.90 Å². The third kappa shape index (κ3) is 3.46. The first-order chi connectivity index (χ1) is 9.91. The summed E-state index contributed by atoms with van der Waals surface area (Å²) in [6.45, 7) is 4.65. The molecular weight excluding hydrogens is 334 g/mol. The van der Waals surface area contributed by atoms with E-state index >= 15 is 0 Å². The zero-order valence-electron chi connectivity index (χ0n) is 12.3. The number of amides is 1. The van der Waals surface area contributed by atoms with Crippen LogP contribution in [0.5, 0.6) is 0 Å². The number of piperidine rings is 1. The topological polar surface area (TPSA) is 57.6 Å². The van der Waals surface area contributed by atoms with E-state index in [0.717, 1.165) is 10.0 Å². The lowest BCUT2D eigenvalue weighted by molar-refractivity contribution is -0.152. The van der Waals surface area contributed by atoms with Gasteiger partial charge in [0.2, 0.25) is 5.91 Å². The maximum Gasteiger partial charge on any atom is 0.308 e. The zero-order chi connectivity index (χ0) is 15.6. The Kier molecular flexibility index (Phi) is 5.04. The molecule has 1 fully saturated rings. The van der Waals surface area contributed by atoms with E-state index in [0.29, 0.717) is 25.3 Å². The molecule has 1 heterocycles. The van der Waals surface area contributed by atoms with E-state index in [-0.39, 0.29) is 5.91 Å². The number of carboxylic acid groups (broad SMARTS) is 1. The van der Waals surface area contributed by atoms with Crippen LogP contribution in [0.2, 0.25) is 0 Å². The summed E-state index contributed by atoms with van der Waals surface area (Å²) in [5.41, 5.74) is 0.874. The lowest BCUT2D eigenvalue weighted by Crippen LogP contribution is -2.46. The summed E-state index contributed by atoms with van der Waals surface area (Å²) in [6, 6.07) is 7.16. The quantitative estimate of drug-likeness (QED) is 0.901.